The van der Waals surface area contributed by atoms with Crippen molar-refractivity contribution in [3.63, 3.8) is 0 Å². The molecule has 0 bridgehead atoms. The molecule has 2 aromatic heterocycles. The van der Waals surface area contributed by atoms with Gasteiger partial charge in [0.25, 0.3) is 0 Å². The molecular formula is C36H45F3N8O. The fourth-order valence-corrected chi connectivity index (χ4v) is 6.45. The number of hydrogen-bond donors (Lipinski definition) is 2. The summed E-state index contributed by atoms with van der Waals surface area (Å²) in [4.78, 5) is 23.7. The van der Waals surface area contributed by atoms with E-state index in [1.54, 1.807) is 50.4 Å². The largest absolute Gasteiger partial charge is 0.406 e. The number of amides is 1. The van der Waals surface area contributed by atoms with Gasteiger partial charge in [0.05, 0.1) is 53.4 Å². The topological polar surface area (TPSA) is 92.5 Å². The lowest BCUT2D eigenvalue weighted by Gasteiger charge is -2.37. The van der Waals surface area contributed by atoms with Gasteiger partial charge >= 0.3 is 6.18 Å². The fraction of sp³-hybridized carbons (Fsp3) is 0.528. The highest BCUT2D eigenvalue weighted by Gasteiger charge is 2.31. The van der Waals surface area contributed by atoms with E-state index >= 15 is 0 Å². The summed E-state index contributed by atoms with van der Waals surface area (Å²) >= 11 is 0. The number of hydrogen-bond acceptors (Lipinski definition) is 7. The Bertz CT molecular complexity index is 1660. The van der Waals surface area contributed by atoms with E-state index in [-0.39, 0.29) is 24.2 Å². The van der Waals surface area contributed by atoms with Crippen LogP contribution < -0.4 is 10.6 Å². The van der Waals surface area contributed by atoms with Gasteiger partial charge in [0.2, 0.25) is 5.91 Å². The lowest BCUT2D eigenvalue weighted by atomic mass is 9.91. The number of piperidine rings is 2. The van der Waals surface area contributed by atoms with E-state index < -0.39 is 18.1 Å². The smallest absolute Gasteiger partial charge is 0.382 e. The fourth-order valence-electron chi connectivity index (χ4n) is 6.45. The summed E-state index contributed by atoms with van der Waals surface area (Å²) < 4.78 is 42.3. The molecule has 256 valence electrons. The second-order valence-corrected chi connectivity index (χ2v) is 13.6. The number of halogens is 3. The van der Waals surface area contributed by atoms with Crippen LogP contribution in [0.4, 0.5) is 24.5 Å². The highest BCUT2D eigenvalue weighted by atomic mass is 19.4. The van der Waals surface area contributed by atoms with Crippen LogP contribution in [0.25, 0.3) is 10.9 Å². The van der Waals surface area contributed by atoms with Gasteiger partial charge in [-0.15, -0.1) is 0 Å². The standard InChI is InChI=1S/C36H45F3N8O/c1-35(2,24-40)33-11-10-27(22-42-33)41-16-6-7-29-21-30-31(8-5-9-32(30)47(29)25-36(37,38)39)43-26-12-17-45(18-13-26)23-34(48)46-19-14-28(15-20-46)44(3)4/h5,8-11,21-22,26,28,41,43H,12-20,23,25H2,1-4H3. The molecular weight excluding hydrogens is 617 g/mol. The Kier molecular flexibility index (Phi) is 10.9. The van der Waals surface area contributed by atoms with Crippen molar-refractivity contribution in [2.45, 2.75) is 69.8 Å². The number of benzene rings is 1. The number of nitrogens with one attached hydrogen (secondary N) is 2. The number of carbonyl (C=O) groups excluding carboxylic acids is 1. The molecule has 0 unspecified atom stereocenters. The predicted octanol–water partition coefficient (Wildman–Crippen LogP) is 5.29. The van der Waals surface area contributed by atoms with E-state index in [0.29, 0.717) is 34.9 Å². The average Bonchev–Trinajstić information content (AvgIpc) is 3.40. The van der Waals surface area contributed by atoms with Crippen molar-refractivity contribution in [2.24, 2.45) is 0 Å². The Morgan fingerprint density at radius 3 is 2.42 bits per heavy atom. The number of anilines is 2. The van der Waals surface area contributed by atoms with E-state index in [4.69, 9.17) is 0 Å². The second-order valence-electron chi connectivity index (χ2n) is 13.6. The summed E-state index contributed by atoms with van der Waals surface area (Å²) in [6, 6.07) is 13.6. The maximum absolute atomic E-state index is 13.7. The third kappa shape index (κ3) is 8.80. The number of aromatic nitrogens is 2. The van der Waals surface area contributed by atoms with Crippen LogP contribution in [-0.2, 0) is 16.8 Å². The van der Waals surface area contributed by atoms with Crippen molar-refractivity contribution in [1.82, 2.24) is 24.3 Å². The van der Waals surface area contributed by atoms with Gasteiger partial charge in [-0.3, -0.25) is 14.7 Å². The van der Waals surface area contributed by atoms with Crippen molar-refractivity contribution < 1.29 is 18.0 Å². The van der Waals surface area contributed by atoms with Gasteiger partial charge in [0, 0.05) is 49.3 Å². The van der Waals surface area contributed by atoms with Gasteiger partial charge in [-0.1, -0.05) is 12.0 Å². The van der Waals surface area contributed by atoms with Gasteiger partial charge in [0.1, 0.15) is 6.54 Å². The molecule has 2 aliphatic heterocycles. The first-order valence-electron chi connectivity index (χ1n) is 16.6. The van der Waals surface area contributed by atoms with Crippen molar-refractivity contribution in [2.75, 3.05) is 64.0 Å². The minimum atomic E-state index is -4.42. The molecule has 1 aromatic carbocycles. The Labute approximate surface area is 281 Å². The maximum atomic E-state index is 13.7. The van der Waals surface area contributed by atoms with Crippen LogP contribution >= 0.6 is 0 Å². The number of likely N-dealkylation sites (tertiary alicyclic amines) is 2. The van der Waals surface area contributed by atoms with Gasteiger partial charge in [0.15, 0.2) is 0 Å². The zero-order valence-corrected chi connectivity index (χ0v) is 28.2. The van der Waals surface area contributed by atoms with Gasteiger partial charge < -0.3 is 25.0 Å². The number of pyridine rings is 1. The minimum absolute atomic E-state index is 0.140. The summed E-state index contributed by atoms with van der Waals surface area (Å²) in [6.45, 7) is 6.23. The number of carbonyl (C=O) groups is 1. The van der Waals surface area contributed by atoms with Crippen molar-refractivity contribution >= 4 is 28.2 Å². The third-order valence-corrected chi connectivity index (χ3v) is 9.42. The Morgan fingerprint density at radius 1 is 1.06 bits per heavy atom. The summed E-state index contributed by atoms with van der Waals surface area (Å²) in [5.41, 5.74) is 2.17. The summed E-state index contributed by atoms with van der Waals surface area (Å²) in [5.74, 6) is 6.09. The predicted molar refractivity (Wildman–Crippen MR) is 183 cm³/mol. The molecule has 2 saturated heterocycles. The van der Waals surface area contributed by atoms with Crippen molar-refractivity contribution in [1.29, 1.82) is 5.26 Å². The van der Waals surface area contributed by atoms with E-state index in [1.165, 1.54) is 4.57 Å². The van der Waals surface area contributed by atoms with Crippen LogP contribution in [0.2, 0.25) is 0 Å². The number of fused-ring (bicyclic) bond motifs is 1. The molecule has 0 saturated carbocycles. The van der Waals surface area contributed by atoms with Crippen molar-refractivity contribution in [3.05, 3.63) is 54.0 Å². The van der Waals surface area contributed by atoms with Crippen molar-refractivity contribution in [3.8, 4) is 17.9 Å². The molecule has 2 aliphatic rings. The highest BCUT2D eigenvalue weighted by Crippen LogP contribution is 2.31. The number of alkyl halides is 3. The monoisotopic (exact) mass is 662 g/mol. The third-order valence-electron chi connectivity index (χ3n) is 9.42. The first-order valence-corrected chi connectivity index (χ1v) is 16.6. The molecule has 0 aliphatic carbocycles. The quantitative estimate of drug-likeness (QED) is 0.301. The lowest BCUT2D eigenvalue weighted by molar-refractivity contribution is -0.140. The molecule has 48 heavy (non-hydrogen) atoms. The summed E-state index contributed by atoms with van der Waals surface area (Å²) in [6.07, 6.45) is 0.866. The first kappa shape index (κ1) is 35.1. The zero-order chi connectivity index (χ0) is 34.5. The number of rotatable bonds is 9. The van der Waals surface area contributed by atoms with E-state index in [0.717, 1.165) is 57.5 Å². The molecule has 12 heteroatoms. The lowest BCUT2D eigenvalue weighted by Crippen LogP contribution is -2.49. The molecule has 0 spiro atoms. The number of nitriles is 1. The Balaban J connectivity index is 1.21. The average molecular weight is 663 g/mol. The van der Waals surface area contributed by atoms with E-state index in [9.17, 15) is 23.2 Å². The molecule has 2 fully saturated rings. The maximum Gasteiger partial charge on any atom is 0.406 e. The normalized spacial score (nSPS) is 16.9. The second kappa shape index (κ2) is 14.9. The molecule has 0 radical (unpaired) electrons. The number of nitrogens with zero attached hydrogens (tertiary/aromatic N) is 6. The molecule has 3 aromatic rings. The zero-order valence-electron chi connectivity index (χ0n) is 28.2. The first-order chi connectivity index (χ1) is 22.8. The SMILES string of the molecule is CN(C)C1CCN(C(=O)CN2CCC(Nc3cccc4c3cc(C#CCNc3ccc(C(C)(C)C#N)nc3)n4CC(F)(F)F)CC2)CC1. The van der Waals surface area contributed by atoms with Gasteiger partial charge in [-0.25, -0.2) is 0 Å². The van der Waals surface area contributed by atoms with Crippen LogP contribution in [0.5, 0.6) is 0 Å². The molecule has 1 amide bonds. The minimum Gasteiger partial charge on any atom is -0.382 e. The van der Waals surface area contributed by atoms with Gasteiger partial charge in [-0.05, 0) is 89.9 Å². The summed E-state index contributed by atoms with van der Waals surface area (Å²) in [7, 11) is 4.18. The molecule has 4 heterocycles. The van der Waals surface area contributed by atoms with E-state index in [1.807, 2.05) is 11.0 Å². The van der Waals surface area contributed by atoms with Crippen LogP contribution in [0.1, 0.15) is 50.9 Å². The van der Waals surface area contributed by atoms with Crippen LogP contribution in [0.3, 0.4) is 0 Å². The molecule has 2 N–H and O–H groups in total. The Hall–Kier alpha value is -4.26. The highest BCUT2D eigenvalue weighted by molar-refractivity contribution is 5.94. The molecule has 0 atom stereocenters. The van der Waals surface area contributed by atoms with Crippen LogP contribution in [-0.4, -0.2) is 102 Å². The van der Waals surface area contributed by atoms with Gasteiger partial charge in [-0.2, -0.15) is 18.4 Å². The Morgan fingerprint density at radius 2 is 1.79 bits per heavy atom. The van der Waals surface area contributed by atoms with Crippen LogP contribution in [0.15, 0.2) is 42.6 Å². The molecule has 5 rings (SSSR count). The van der Waals surface area contributed by atoms with E-state index in [2.05, 4.69) is 57.4 Å². The van der Waals surface area contributed by atoms with Crippen LogP contribution in [0, 0.1) is 23.2 Å². The molecule has 9 nitrogen and oxygen atoms in total. The summed E-state index contributed by atoms with van der Waals surface area (Å²) in [5, 5.41) is 16.7.